The molecule has 0 fully saturated rings. The molecule has 0 saturated heterocycles. The van der Waals surface area contributed by atoms with Crippen molar-refractivity contribution in [2.24, 2.45) is 0 Å². The molecule has 0 radical (unpaired) electrons. The lowest BCUT2D eigenvalue weighted by atomic mass is 10.1. The van der Waals surface area contributed by atoms with E-state index in [-0.39, 0.29) is 16.4 Å². The van der Waals surface area contributed by atoms with Crippen molar-refractivity contribution in [2.45, 2.75) is 0 Å². The molecule has 0 atom stereocenters. The van der Waals surface area contributed by atoms with Gasteiger partial charge in [-0.3, -0.25) is 0 Å². The van der Waals surface area contributed by atoms with Gasteiger partial charge in [0.1, 0.15) is 5.69 Å². The van der Waals surface area contributed by atoms with Crippen LogP contribution in [0.25, 0.3) is 11.3 Å². The highest BCUT2D eigenvalue weighted by molar-refractivity contribution is 6.36. The van der Waals surface area contributed by atoms with Crippen LogP contribution in [0, 0.1) is 5.82 Å². The predicted molar refractivity (Wildman–Crippen MR) is 76.2 cm³/mol. The number of nitrogens with one attached hydrogen (secondary N) is 1. The highest BCUT2D eigenvalue weighted by Gasteiger charge is 2.22. The molecule has 0 unspecified atom stereocenters. The molecule has 2 N–H and O–H groups in total. The van der Waals surface area contributed by atoms with Gasteiger partial charge in [0, 0.05) is 17.6 Å². The largest absolute Gasteiger partial charge is 0.476 e. The summed E-state index contributed by atoms with van der Waals surface area (Å²) in [5.41, 5.74) is -0.221. The van der Waals surface area contributed by atoms with E-state index in [1.165, 1.54) is 7.05 Å². The minimum Gasteiger partial charge on any atom is -0.476 e. The smallest absolute Gasteiger partial charge is 0.356 e. The first-order valence-electron chi connectivity index (χ1n) is 5.51. The molecule has 0 aliphatic heterocycles. The summed E-state index contributed by atoms with van der Waals surface area (Å²) in [6.45, 7) is 0. The molecule has 0 saturated carbocycles. The van der Waals surface area contributed by atoms with Gasteiger partial charge in [-0.25, -0.2) is 14.2 Å². The van der Waals surface area contributed by atoms with Crippen molar-refractivity contribution in [3.63, 3.8) is 0 Å². The monoisotopic (exact) mass is 314 g/mol. The summed E-state index contributed by atoms with van der Waals surface area (Å²) in [6, 6.07) is 6.22. The molecular weight excluding hydrogens is 306 g/mol. The van der Waals surface area contributed by atoms with Crippen molar-refractivity contribution in [1.29, 1.82) is 0 Å². The van der Waals surface area contributed by atoms with Gasteiger partial charge < -0.3 is 10.4 Å². The standard InChI is InChI=1S/C13H9Cl2FN2O2/c1-17-11-8(15)12(13(19)20)18-10(9(11)16)6-2-4-7(14)5-3-6/h2-5H,1H3,(H,17,18)(H,19,20). The van der Waals surface area contributed by atoms with E-state index < -0.39 is 17.5 Å². The lowest BCUT2D eigenvalue weighted by Gasteiger charge is -2.12. The van der Waals surface area contributed by atoms with Crippen LogP contribution in [0.3, 0.4) is 0 Å². The van der Waals surface area contributed by atoms with Crippen LogP contribution < -0.4 is 5.32 Å². The van der Waals surface area contributed by atoms with Crippen LogP contribution in [0.2, 0.25) is 10.0 Å². The number of aromatic nitrogens is 1. The normalized spacial score (nSPS) is 10.4. The third-order valence-corrected chi connectivity index (χ3v) is 3.27. The maximum absolute atomic E-state index is 14.3. The van der Waals surface area contributed by atoms with Gasteiger partial charge in [0.15, 0.2) is 11.5 Å². The van der Waals surface area contributed by atoms with E-state index in [9.17, 15) is 9.18 Å². The number of halogens is 3. The van der Waals surface area contributed by atoms with Crippen LogP contribution in [-0.4, -0.2) is 23.1 Å². The Morgan fingerprint density at radius 3 is 2.40 bits per heavy atom. The Kier molecular flexibility index (Phi) is 4.11. The number of anilines is 1. The summed E-state index contributed by atoms with van der Waals surface area (Å²) in [6.07, 6.45) is 0. The first-order valence-corrected chi connectivity index (χ1v) is 6.27. The van der Waals surface area contributed by atoms with E-state index in [1.807, 2.05) is 0 Å². The summed E-state index contributed by atoms with van der Waals surface area (Å²) in [5.74, 6) is -2.05. The summed E-state index contributed by atoms with van der Waals surface area (Å²) >= 11 is 11.6. The van der Waals surface area contributed by atoms with E-state index >= 15 is 0 Å². The maximum atomic E-state index is 14.3. The Morgan fingerprint density at radius 1 is 1.30 bits per heavy atom. The first-order chi connectivity index (χ1) is 9.45. The second-order valence-corrected chi connectivity index (χ2v) is 4.69. The molecule has 20 heavy (non-hydrogen) atoms. The topological polar surface area (TPSA) is 62.2 Å². The number of carbonyl (C=O) groups is 1. The molecule has 1 heterocycles. The fraction of sp³-hybridized carbons (Fsp3) is 0.0769. The SMILES string of the molecule is CNc1c(F)c(-c2ccc(Cl)cc2)nc(C(=O)O)c1Cl. The highest BCUT2D eigenvalue weighted by Crippen LogP contribution is 2.34. The molecule has 1 aromatic heterocycles. The molecule has 7 heteroatoms. The van der Waals surface area contributed by atoms with Crippen LogP contribution >= 0.6 is 23.2 Å². The Labute approximate surface area is 124 Å². The van der Waals surface area contributed by atoms with E-state index in [0.29, 0.717) is 10.6 Å². The molecule has 1 aromatic carbocycles. The van der Waals surface area contributed by atoms with E-state index in [4.69, 9.17) is 28.3 Å². The van der Waals surface area contributed by atoms with Crippen molar-refractivity contribution in [3.05, 3.63) is 45.8 Å². The highest BCUT2D eigenvalue weighted by atomic mass is 35.5. The zero-order chi connectivity index (χ0) is 14.9. The third kappa shape index (κ3) is 2.55. The van der Waals surface area contributed by atoms with Gasteiger partial charge in [-0.15, -0.1) is 0 Å². The number of rotatable bonds is 3. The zero-order valence-corrected chi connectivity index (χ0v) is 11.8. The summed E-state index contributed by atoms with van der Waals surface area (Å²) in [4.78, 5) is 14.9. The van der Waals surface area contributed by atoms with Gasteiger partial charge in [0.25, 0.3) is 0 Å². The molecule has 104 valence electrons. The Bertz CT molecular complexity index is 675. The van der Waals surface area contributed by atoms with Crippen molar-refractivity contribution in [2.75, 3.05) is 12.4 Å². The summed E-state index contributed by atoms with van der Waals surface area (Å²) in [7, 11) is 1.45. The second-order valence-electron chi connectivity index (χ2n) is 3.87. The predicted octanol–water partition coefficient (Wildman–Crippen LogP) is 3.93. The molecule has 0 bridgehead atoms. The number of nitrogens with zero attached hydrogens (tertiary/aromatic N) is 1. The van der Waals surface area contributed by atoms with E-state index in [0.717, 1.165) is 0 Å². The van der Waals surface area contributed by atoms with Crippen LogP contribution in [0.1, 0.15) is 10.5 Å². The molecule has 4 nitrogen and oxygen atoms in total. The van der Waals surface area contributed by atoms with Crippen molar-refractivity contribution in [1.82, 2.24) is 4.98 Å². The summed E-state index contributed by atoms with van der Waals surface area (Å²) in [5, 5.41) is 11.8. The quantitative estimate of drug-likeness (QED) is 0.901. The number of benzene rings is 1. The van der Waals surface area contributed by atoms with Gasteiger partial charge in [0.2, 0.25) is 0 Å². The van der Waals surface area contributed by atoms with Crippen LogP contribution in [0.15, 0.2) is 24.3 Å². The van der Waals surface area contributed by atoms with Crippen molar-refractivity contribution < 1.29 is 14.3 Å². The fourth-order valence-corrected chi connectivity index (χ4v) is 2.13. The van der Waals surface area contributed by atoms with Gasteiger partial charge in [-0.2, -0.15) is 0 Å². The minimum atomic E-state index is -1.33. The lowest BCUT2D eigenvalue weighted by Crippen LogP contribution is -2.08. The number of hydrogen-bond donors (Lipinski definition) is 2. The molecular formula is C13H9Cl2FN2O2. The minimum absolute atomic E-state index is 0.104. The number of pyridine rings is 1. The molecule has 0 aliphatic carbocycles. The molecule has 0 amide bonds. The maximum Gasteiger partial charge on any atom is 0.356 e. The van der Waals surface area contributed by atoms with Gasteiger partial charge in [0.05, 0.1) is 10.7 Å². The first kappa shape index (κ1) is 14.6. The second kappa shape index (κ2) is 5.64. The number of aromatic carboxylic acids is 1. The Hall–Kier alpha value is -1.85. The van der Waals surface area contributed by atoms with Crippen molar-refractivity contribution >= 4 is 34.9 Å². The molecule has 0 spiro atoms. The fourth-order valence-electron chi connectivity index (χ4n) is 1.70. The number of carboxylic acids is 1. The van der Waals surface area contributed by atoms with Crippen LogP contribution in [0.4, 0.5) is 10.1 Å². The van der Waals surface area contributed by atoms with Gasteiger partial charge >= 0.3 is 5.97 Å². The van der Waals surface area contributed by atoms with E-state index in [2.05, 4.69) is 10.3 Å². The van der Waals surface area contributed by atoms with Gasteiger partial charge in [-0.05, 0) is 12.1 Å². The average molecular weight is 315 g/mol. The lowest BCUT2D eigenvalue weighted by molar-refractivity contribution is 0.0691. The molecule has 0 aliphatic rings. The van der Waals surface area contributed by atoms with Crippen LogP contribution in [-0.2, 0) is 0 Å². The molecule has 2 rings (SSSR count). The summed E-state index contributed by atoms with van der Waals surface area (Å²) < 4.78 is 14.3. The molecule has 2 aromatic rings. The van der Waals surface area contributed by atoms with E-state index in [1.54, 1.807) is 24.3 Å². The van der Waals surface area contributed by atoms with Gasteiger partial charge in [-0.1, -0.05) is 35.3 Å². The zero-order valence-electron chi connectivity index (χ0n) is 10.2. The van der Waals surface area contributed by atoms with Crippen molar-refractivity contribution in [3.8, 4) is 11.3 Å². The average Bonchev–Trinajstić information content (AvgIpc) is 2.40. The van der Waals surface area contributed by atoms with Crippen LogP contribution in [0.5, 0.6) is 0 Å². The number of hydrogen-bond acceptors (Lipinski definition) is 3. The Balaban J connectivity index is 2.72. The number of carboxylic acid groups (broad SMARTS) is 1. The third-order valence-electron chi connectivity index (χ3n) is 2.65. The Morgan fingerprint density at radius 2 is 1.90 bits per heavy atom.